The molecule has 8 heteroatoms. The van der Waals surface area contributed by atoms with Gasteiger partial charge in [-0.3, -0.25) is 4.79 Å². The Morgan fingerprint density at radius 3 is 1.85 bits per heavy atom. The summed E-state index contributed by atoms with van der Waals surface area (Å²) in [7, 11) is 3.22. The maximum absolute atomic E-state index is 12.4. The fourth-order valence-electron chi connectivity index (χ4n) is 3.22. The number of carbonyl (C=O) groups excluding carboxylic acids is 1. The van der Waals surface area contributed by atoms with Gasteiger partial charge in [-0.15, -0.1) is 0 Å². The first kappa shape index (κ1) is 22.6. The number of benzene rings is 3. The van der Waals surface area contributed by atoms with Gasteiger partial charge in [0.25, 0.3) is 5.91 Å². The predicted molar refractivity (Wildman–Crippen MR) is 134 cm³/mol. The van der Waals surface area contributed by atoms with Crippen LogP contribution < -0.4 is 25.4 Å². The number of nitrogens with zero attached hydrogens (tertiary/aromatic N) is 2. The van der Waals surface area contributed by atoms with Crippen molar-refractivity contribution in [3.63, 3.8) is 0 Å². The zero-order valence-corrected chi connectivity index (χ0v) is 19.1. The van der Waals surface area contributed by atoms with E-state index in [2.05, 4.69) is 25.9 Å². The number of anilines is 5. The number of amides is 1. The molecule has 0 fully saturated rings. The number of hydrogen-bond acceptors (Lipinski definition) is 7. The lowest BCUT2D eigenvalue weighted by Gasteiger charge is -2.11. The Morgan fingerprint density at radius 1 is 0.706 bits per heavy atom. The van der Waals surface area contributed by atoms with Crippen molar-refractivity contribution in [2.45, 2.75) is 6.92 Å². The normalized spacial score (nSPS) is 10.3. The first-order valence-corrected chi connectivity index (χ1v) is 10.6. The highest BCUT2D eigenvalue weighted by Crippen LogP contribution is 2.22. The van der Waals surface area contributed by atoms with E-state index in [1.54, 1.807) is 38.5 Å². The van der Waals surface area contributed by atoms with Crippen LogP contribution in [0.15, 0.2) is 78.9 Å². The lowest BCUT2D eigenvalue weighted by Crippen LogP contribution is -2.11. The molecule has 4 rings (SSSR count). The summed E-state index contributed by atoms with van der Waals surface area (Å²) in [5.74, 6) is 2.43. The molecule has 1 heterocycles. The minimum Gasteiger partial charge on any atom is -0.497 e. The molecule has 0 spiro atoms. The van der Waals surface area contributed by atoms with Crippen LogP contribution in [0.5, 0.6) is 11.5 Å². The van der Waals surface area contributed by atoms with Gasteiger partial charge in [-0.1, -0.05) is 0 Å². The quantitative estimate of drug-likeness (QED) is 0.321. The van der Waals surface area contributed by atoms with Gasteiger partial charge in [-0.05, 0) is 79.7 Å². The van der Waals surface area contributed by atoms with Gasteiger partial charge in [-0.2, -0.15) is 4.98 Å². The Balaban J connectivity index is 1.40. The van der Waals surface area contributed by atoms with E-state index in [0.29, 0.717) is 28.8 Å². The van der Waals surface area contributed by atoms with Gasteiger partial charge in [0.2, 0.25) is 5.95 Å². The molecule has 0 aliphatic rings. The zero-order valence-electron chi connectivity index (χ0n) is 19.1. The first-order chi connectivity index (χ1) is 16.5. The molecule has 0 saturated carbocycles. The number of aryl methyl sites for hydroxylation is 1. The van der Waals surface area contributed by atoms with Crippen LogP contribution in [-0.2, 0) is 0 Å². The van der Waals surface area contributed by atoms with Crippen molar-refractivity contribution in [3.8, 4) is 11.5 Å². The van der Waals surface area contributed by atoms with E-state index < -0.39 is 0 Å². The molecule has 0 atom stereocenters. The molecule has 0 aliphatic carbocycles. The van der Waals surface area contributed by atoms with Gasteiger partial charge < -0.3 is 25.4 Å². The lowest BCUT2D eigenvalue weighted by molar-refractivity contribution is 0.102. The molecule has 0 bridgehead atoms. The van der Waals surface area contributed by atoms with Crippen molar-refractivity contribution < 1.29 is 14.3 Å². The van der Waals surface area contributed by atoms with Gasteiger partial charge >= 0.3 is 0 Å². The maximum Gasteiger partial charge on any atom is 0.255 e. The van der Waals surface area contributed by atoms with Crippen LogP contribution in [0, 0.1) is 6.92 Å². The van der Waals surface area contributed by atoms with Crippen LogP contribution in [0.1, 0.15) is 16.1 Å². The van der Waals surface area contributed by atoms with Gasteiger partial charge in [-0.25, -0.2) is 4.98 Å². The number of hydrogen-bond donors (Lipinski definition) is 3. The van der Waals surface area contributed by atoms with E-state index in [1.807, 2.05) is 61.5 Å². The molecule has 1 amide bonds. The molecule has 0 saturated heterocycles. The van der Waals surface area contributed by atoms with Crippen LogP contribution in [-0.4, -0.2) is 30.1 Å². The topological polar surface area (TPSA) is 97.4 Å². The summed E-state index contributed by atoms with van der Waals surface area (Å²) in [5, 5.41) is 9.36. The first-order valence-electron chi connectivity index (χ1n) is 10.6. The van der Waals surface area contributed by atoms with Crippen LogP contribution >= 0.6 is 0 Å². The fraction of sp³-hybridized carbons (Fsp3) is 0.115. The molecule has 3 aromatic carbocycles. The van der Waals surface area contributed by atoms with Crippen molar-refractivity contribution in [3.05, 3.63) is 90.1 Å². The number of rotatable bonds is 8. The van der Waals surface area contributed by atoms with Crippen molar-refractivity contribution in [2.75, 3.05) is 30.2 Å². The second kappa shape index (κ2) is 10.4. The molecule has 0 radical (unpaired) electrons. The van der Waals surface area contributed by atoms with Crippen LogP contribution in [0.4, 0.5) is 28.8 Å². The molecule has 0 aliphatic heterocycles. The van der Waals surface area contributed by atoms with E-state index in [9.17, 15) is 4.79 Å². The summed E-state index contributed by atoms with van der Waals surface area (Å²) in [6.45, 7) is 1.91. The summed E-state index contributed by atoms with van der Waals surface area (Å²) >= 11 is 0. The average molecular weight is 456 g/mol. The van der Waals surface area contributed by atoms with E-state index in [4.69, 9.17) is 9.47 Å². The third-order valence-corrected chi connectivity index (χ3v) is 4.97. The summed E-state index contributed by atoms with van der Waals surface area (Å²) in [5.41, 5.74) is 3.73. The van der Waals surface area contributed by atoms with Gasteiger partial charge in [0, 0.05) is 34.4 Å². The van der Waals surface area contributed by atoms with Gasteiger partial charge in [0.05, 0.1) is 14.2 Å². The summed E-state index contributed by atoms with van der Waals surface area (Å²) in [6.07, 6.45) is 0. The largest absolute Gasteiger partial charge is 0.497 e. The third-order valence-electron chi connectivity index (χ3n) is 4.97. The number of ether oxygens (including phenoxy) is 2. The van der Waals surface area contributed by atoms with E-state index in [-0.39, 0.29) is 5.91 Å². The average Bonchev–Trinajstić information content (AvgIpc) is 2.85. The fourth-order valence-corrected chi connectivity index (χ4v) is 3.22. The molecular formula is C26H25N5O3. The standard InChI is InChI=1S/C26H25N5O3/c1-17-16-24(28-19-10-14-23(34-3)15-11-19)31-26(27-17)30-21-8-6-20(7-9-21)29-25(32)18-4-12-22(33-2)13-5-18/h4-16H,1-3H3,(H,29,32)(H2,27,28,30,31). The number of aromatic nitrogens is 2. The van der Waals surface area contributed by atoms with E-state index in [0.717, 1.165) is 22.8 Å². The SMILES string of the molecule is COc1ccc(Nc2cc(C)nc(Nc3ccc(NC(=O)c4ccc(OC)cc4)cc3)n2)cc1. The Hall–Kier alpha value is -4.59. The minimum atomic E-state index is -0.195. The molecule has 3 N–H and O–H groups in total. The van der Waals surface area contributed by atoms with E-state index in [1.165, 1.54) is 0 Å². The van der Waals surface area contributed by atoms with Crippen molar-refractivity contribution in [1.29, 1.82) is 0 Å². The second-order valence-electron chi connectivity index (χ2n) is 7.46. The van der Waals surface area contributed by atoms with Crippen molar-refractivity contribution in [2.24, 2.45) is 0 Å². The minimum absolute atomic E-state index is 0.195. The Kier molecular flexibility index (Phi) is 6.88. The predicted octanol–water partition coefficient (Wildman–Crippen LogP) is 5.54. The number of nitrogens with one attached hydrogen (secondary N) is 3. The van der Waals surface area contributed by atoms with Crippen molar-refractivity contribution in [1.82, 2.24) is 9.97 Å². The smallest absolute Gasteiger partial charge is 0.255 e. The molecule has 8 nitrogen and oxygen atoms in total. The third kappa shape index (κ3) is 5.80. The Labute approximate surface area is 198 Å². The monoisotopic (exact) mass is 455 g/mol. The zero-order chi connectivity index (χ0) is 23.9. The maximum atomic E-state index is 12.4. The Morgan fingerprint density at radius 2 is 1.24 bits per heavy atom. The van der Waals surface area contributed by atoms with Gasteiger partial charge in [0.1, 0.15) is 17.3 Å². The summed E-state index contributed by atoms with van der Waals surface area (Å²) < 4.78 is 10.3. The molecular weight excluding hydrogens is 430 g/mol. The number of carbonyl (C=O) groups is 1. The van der Waals surface area contributed by atoms with Crippen LogP contribution in [0.2, 0.25) is 0 Å². The molecule has 172 valence electrons. The van der Waals surface area contributed by atoms with Crippen molar-refractivity contribution >= 4 is 34.7 Å². The second-order valence-corrected chi connectivity index (χ2v) is 7.46. The molecule has 1 aromatic heterocycles. The van der Waals surface area contributed by atoms with Crippen LogP contribution in [0.3, 0.4) is 0 Å². The summed E-state index contributed by atoms with van der Waals surface area (Å²) in [4.78, 5) is 21.5. The molecule has 0 unspecified atom stereocenters. The summed E-state index contributed by atoms with van der Waals surface area (Å²) in [6, 6.07) is 23.7. The highest BCUT2D eigenvalue weighted by Gasteiger charge is 2.08. The number of methoxy groups -OCH3 is 2. The Bertz CT molecular complexity index is 1260. The highest BCUT2D eigenvalue weighted by molar-refractivity contribution is 6.04. The van der Waals surface area contributed by atoms with Gasteiger partial charge in [0.15, 0.2) is 0 Å². The molecule has 4 aromatic rings. The molecule has 34 heavy (non-hydrogen) atoms. The highest BCUT2D eigenvalue weighted by atomic mass is 16.5. The van der Waals surface area contributed by atoms with E-state index >= 15 is 0 Å². The lowest BCUT2D eigenvalue weighted by atomic mass is 10.2. The van der Waals surface area contributed by atoms with Crippen LogP contribution in [0.25, 0.3) is 0 Å².